The van der Waals surface area contributed by atoms with Crippen molar-refractivity contribution in [1.82, 2.24) is 5.32 Å². The summed E-state index contributed by atoms with van der Waals surface area (Å²) in [5.74, 6) is 2.30. The second kappa shape index (κ2) is 6.31. The molecule has 0 aliphatic carbocycles. The van der Waals surface area contributed by atoms with E-state index in [0.29, 0.717) is 0 Å². The SMILES string of the molecule is Cc1ccccc1CSCCNC(C)(C)C. The molecule has 0 aliphatic rings. The van der Waals surface area contributed by atoms with Gasteiger partial charge in [-0.15, -0.1) is 0 Å². The molecule has 0 unspecified atom stereocenters. The molecule has 0 saturated heterocycles. The van der Waals surface area contributed by atoms with Gasteiger partial charge in [0.15, 0.2) is 0 Å². The lowest BCUT2D eigenvalue weighted by Gasteiger charge is -2.20. The third-order valence-corrected chi connectivity index (χ3v) is 3.43. The second-order valence-corrected chi connectivity index (χ2v) is 6.26. The average Bonchev–Trinajstić information content (AvgIpc) is 2.18. The maximum atomic E-state index is 3.50. The molecule has 0 heterocycles. The monoisotopic (exact) mass is 237 g/mol. The van der Waals surface area contributed by atoms with Crippen molar-refractivity contribution >= 4 is 11.8 Å². The number of nitrogens with one attached hydrogen (secondary N) is 1. The highest BCUT2D eigenvalue weighted by Gasteiger charge is 2.07. The average molecular weight is 237 g/mol. The minimum Gasteiger partial charge on any atom is -0.311 e. The predicted molar refractivity (Wildman–Crippen MR) is 75.1 cm³/mol. The normalized spacial score (nSPS) is 11.8. The van der Waals surface area contributed by atoms with Crippen LogP contribution in [0.4, 0.5) is 0 Å². The molecule has 1 rings (SSSR count). The zero-order valence-electron chi connectivity index (χ0n) is 10.8. The van der Waals surface area contributed by atoms with Gasteiger partial charge < -0.3 is 5.32 Å². The van der Waals surface area contributed by atoms with E-state index in [9.17, 15) is 0 Å². The highest BCUT2D eigenvalue weighted by atomic mass is 32.2. The Hall–Kier alpha value is -0.470. The van der Waals surface area contributed by atoms with Gasteiger partial charge in [0.1, 0.15) is 0 Å². The molecular weight excluding hydrogens is 214 g/mol. The Kier molecular flexibility index (Phi) is 5.36. The second-order valence-electron chi connectivity index (χ2n) is 5.16. The summed E-state index contributed by atoms with van der Waals surface area (Å²) >= 11 is 2.00. The predicted octanol–water partition coefficient (Wildman–Crippen LogP) is 3.62. The minimum absolute atomic E-state index is 0.239. The molecule has 0 aliphatic heterocycles. The summed E-state index contributed by atoms with van der Waals surface area (Å²) < 4.78 is 0. The van der Waals surface area contributed by atoms with Crippen molar-refractivity contribution in [2.24, 2.45) is 0 Å². The Morgan fingerprint density at radius 2 is 1.88 bits per heavy atom. The summed E-state index contributed by atoms with van der Waals surface area (Å²) in [4.78, 5) is 0. The molecule has 2 heteroatoms. The molecule has 0 amide bonds. The third-order valence-electron chi connectivity index (χ3n) is 2.42. The van der Waals surface area contributed by atoms with E-state index in [1.54, 1.807) is 0 Å². The third kappa shape index (κ3) is 5.57. The van der Waals surface area contributed by atoms with Crippen LogP contribution in [0.3, 0.4) is 0 Å². The summed E-state index contributed by atoms with van der Waals surface area (Å²) in [6, 6.07) is 8.63. The molecule has 90 valence electrons. The molecule has 0 spiro atoms. The molecule has 0 fully saturated rings. The van der Waals surface area contributed by atoms with Crippen LogP contribution in [0.5, 0.6) is 0 Å². The van der Waals surface area contributed by atoms with Gasteiger partial charge >= 0.3 is 0 Å². The Balaban J connectivity index is 2.19. The lowest BCUT2D eigenvalue weighted by atomic mass is 10.1. The van der Waals surface area contributed by atoms with Crippen molar-refractivity contribution < 1.29 is 0 Å². The Labute approximate surface area is 104 Å². The summed E-state index contributed by atoms with van der Waals surface area (Å²) in [7, 11) is 0. The van der Waals surface area contributed by atoms with Crippen LogP contribution in [-0.2, 0) is 5.75 Å². The van der Waals surface area contributed by atoms with Gasteiger partial charge in [0, 0.05) is 23.6 Å². The van der Waals surface area contributed by atoms with Crippen molar-refractivity contribution in [3.05, 3.63) is 35.4 Å². The van der Waals surface area contributed by atoms with E-state index in [0.717, 1.165) is 12.3 Å². The van der Waals surface area contributed by atoms with E-state index in [-0.39, 0.29) is 5.54 Å². The van der Waals surface area contributed by atoms with Gasteiger partial charge in [0.05, 0.1) is 0 Å². The zero-order chi connectivity index (χ0) is 12.0. The van der Waals surface area contributed by atoms with Gasteiger partial charge in [0.2, 0.25) is 0 Å². The van der Waals surface area contributed by atoms with Crippen molar-refractivity contribution in [3.63, 3.8) is 0 Å². The van der Waals surface area contributed by atoms with Crippen LogP contribution in [-0.4, -0.2) is 17.8 Å². The van der Waals surface area contributed by atoms with Crippen LogP contribution in [0, 0.1) is 6.92 Å². The topological polar surface area (TPSA) is 12.0 Å². The summed E-state index contributed by atoms with van der Waals surface area (Å²) in [6.45, 7) is 9.89. The van der Waals surface area contributed by atoms with Crippen molar-refractivity contribution in [2.45, 2.75) is 39.0 Å². The molecule has 1 aromatic rings. The van der Waals surface area contributed by atoms with Crippen LogP contribution in [0.15, 0.2) is 24.3 Å². The van der Waals surface area contributed by atoms with Crippen LogP contribution in [0.2, 0.25) is 0 Å². The first-order valence-electron chi connectivity index (χ1n) is 5.86. The number of hydrogen-bond donors (Lipinski definition) is 1. The molecule has 0 bridgehead atoms. The molecule has 16 heavy (non-hydrogen) atoms. The number of hydrogen-bond acceptors (Lipinski definition) is 2. The van der Waals surface area contributed by atoms with Gasteiger partial charge in [-0.05, 0) is 38.8 Å². The van der Waals surface area contributed by atoms with E-state index in [1.807, 2.05) is 11.8 Å². The number of benzene rings is 1. The summed E-state index contributed by atoms with van der Waals surface area (Å²) in [5.41, 5.74) is 3.10. The fraction of sp³-hybridized carbons (Fsp3) is 0.571. The molecule has 0 atom stereocenters. The van der Waals surface area contributed by atoms with Crippen LogP contribution in [0.25, 0.3) is 0 Å². The van der Waals surface area contributed by atoms with Crippen LogP contribution >= 0.6 is 11.8 Å². The standard InChI is InChI=1S/C14H23NS/c1-12-7-5-6-8-13(12)11-16-10-9-15-14(2,3)4/h5-8,15H,9-11H2,1-4H3. The molecule has 0 aromatic heterocycles. The van der Waals surface area contributed by atoms with Gasteiger partial charge in [-0.25, -0.2) is 0 Å². The lowest BCUT2D eigenvalue weighted by molar-refractivity contribution is 0.441. The van der Waals surface area contributed by atoms with Crippen molar-refractivity contribution in [2.75, 3.05) is 12.3 Å². The van der Waals surface area contributed by atoms with Gasteiger partial charge in [-0.2, -0.15) is 11.8 Å². The number of aryl methyl sites for hydroxylation is 1. The highest BCUT2D eigenvalue weighted by molar-refractivity contribution is 7.98. The van der Waals surface area contributed by atoms with E-state index < -0.39 is 0 Å². The van der Waals surface area contributed by atoms with Crippen molar-refractivity contribution in [3.8, 4) is 0 Å². The first kappa shape index (κ1) is 13.6. The number of rotatable bonds is 5. The first-order valence-corrected chi connectivity index (χ1v) is 7.02. The fourth-order valence-corrected chi connectivity index (χ4v) is 2.39. The van der Waals surface area contributed by atoms with Gasteiger partial charge in [-0.3, -0.25) is 0 Å². The smallest absolute Gasteiger partial charge is 0.0187 e. The lowest BCUT2D eigenvalue weighted by Crippen LogP contribution is -2.37. The van der Waals surface area contributed by atoms with Crippen LogP contribution in [0.1, 0.15) is 31.9 Å². The maximum Gasteiger partial charge on any atom is 0.0187 e. The summed E-state index contributed by atoms with van der Waals surface area (Å²) in [6.07, 6.45) is 0. The van der Waals surface area contributed by atoms with Gasteiger partial charge in [0.25, 0.3) is 0 Å². The van der Waals surface area contributed by atoms with E-state index in [2.05, 4.69) is 57.3 Å². The first-order chi connectivity index (χ1) is 7.49. The van der Waals surface area contributed by atoms with Crippen LogP contribution < -0.4 is 5.32 Å². The quantitative estimate of drug-likeness (QED) is 0.785. The molecule has 0 radical (unpaired) electrons. The number of thioether (sulfide) groups is 1. The van der Waals surface area contributed by atoms with E-state index in [1.165, 1.54) is 16.9 Å². The zero-order valence-corrected chi connectivity index (χ0v) is 11.7. The Morgan fingerprint density at radius 1 is 1.19 bits per heavy atom. The molecule has 0 saturated carbocycles. The molecular formula is C14H23NS. The van der Waals surface area contributed by atoms with Crippen molar-refractivity contribution in [1.29, 1.82) is 0 Å². The molecule has 1 nitrogen and oxygen atoms in total. The maximum absolute atomic E-state index is 3.50. The molecule has 1 aromatic carbocycles. The highest BCUT2D eigenvalue weighted by Crippen LogP contribution is 2.15. The molecule has 1 N–H and O–H groups in total. The largest absolute Gasteiger partial charge is 0.311 e. The Morgan fingerprint density at radius 3 is 2.50 bits per heavy atom. The summed E-state index contributed by atoms with van der Waals surface area (Å²) in [5, 5.41) is 3.50. The van der Waals surface area contributed by atoms with E-state index >= 15 is 0 Å². The Bertz CT molecular complexity index is 315. The van der Waals surface area contributed by atoms with E-state index in [4.69, 9.17) is 0 Å². The van der Waals surface area contributed by atoms with Gasteiger partial charge in [-0.1, -0.05) is 24.3 Å². The fourth-order valence-electron chi connectivity index (χ4n) is 1.45. The minimum atomic E-state index is 0.239.